The van der Waals surface area contributed by atoms with Gasteiger partial charge in [0.15, 0.2) is 11.5 Å². The van der Waals surface area contributed by atoms with E-state index in [2.05, 4.69) is 4.90 Å². The molecule has 23 heavy (non-hydrogen) atoms. The normalized spacial score (nSPS) is 11.2. The summed E-state index contributed by atoms with van der Waals surface area (Å²) in [6.07, 6.45) is 2.19. The summed E-state index contributed by atoms with van der Waals surface area (Å²) in [6.45, 7) is 3.81. The molecule has 0 aromatic heterocycles. The van der Waals surface area contributed by atoms with Crippen molar-refractivity contribution in [2.24, 2.45) is 0 Å². The number of nitriles is 1. The predicted octanol–water partition coefficient (Wildman–Crippen LogP) is 2.41. The molecule has 0 saturated carbocycles. The van der Waals surface area contributed by atoms with Gasteiger partial charge in [0.2, 0.25) is 0 Å². The maximum Gasteiger partial charge on any atom is 0.346 e. The smallest absolute Gasteiger partial charge is 0.346 e. The molecule has 0 aliphatic heterocycles. The molecule has 0 heterocycles. The molecule has 6 heteroatoms. The van der Waals surface area contributed by atoms with Crippen molar-refractivity contribution in [1.82, 2.24) is 4.90 Å². The van der Waals surface area contributed by atoms with Crippen LogP contribution in [0, 0.1) is 11.3 Å². The first-order chi connectivity index (χ1) is 11.0. The van der Waals surface area contributed by atoms with E-state index >= 15 is 0 Å². The molecule has 0 bridgehead atoms. The van der Waals surface area contributed by atoms with Crippen molar-refractivity contribution < 1.29 is 19.4 Å². The zero-order valence-electron chi connectivity index (χ0n) is 13.7. The summed E-state index contributed by atoms with van der Waals surface area (Å²) >= 11 is 0. The average molecular weight is 318 g/mol. The van der Waals surface area contributed by atoms with Gasteiger partial charge in [-0.2, -0.15) is 5.26 Å². The van der Waals surface area contributed by atoms with Crippen LogP contribution in [0.1, 0.15) is 18.9 Å². The highest BCUT2D eigenvalue weighted by Crippen LogP contribution is 2.29. The Bertz CT molecular complexity index is 603. The van der Waals surface area contributed by atoms with E-state index in [4.69, 9.17) is 19.8 Å². The van der Waals surface area contributed by atoms with Crippen molar-refractivity contribution in [3.05, 3.63) is 29.3 Å². The lowest BCUT2D eigenvalue weighted by Crippen LogP contribution is -2.15. The van der Waals surface area contributed by atoms with Crippen LogP contribution in [-0.2, 0) is 4.79 Å². The van der Waals surface area contributed by atoms with Gasteiger partial charge in [0.05, 0.1) is 13.2 Å². The molecule has 0 fully saturated rings. The second kappa shape index (κ2) is 9.49. The molecule has 0 atom stereocenters. The van der Waals surface area contributed by atoms with Crippen molar-refractivity contribution in [2.45, 2.75) is 13.3 Å². The molecular formula is C17H22N2O4. The van der Waals surface area contributed by atoms with Gasteiger partial charge >= 0.3 is 5.97 Å². The molecule has 0 radical (unpaired) electrons. The Morgan fingerprint density at radius 3 is 2.65 bits per heavy atom. The van der Waals surface area contributed by atoms with Gasteiger partial charge in [0.1, 0.15) is 11.6 Å². The largest absolute Gasteiger partial charge is 0.490 e. The van der Waals surface area contributed by atoms with Crippen molar-refractivity contribution >= 4 is 12.0 Å². The van der Waals surface area contributed by atoms with E-state index in [9.17, 15) is 4.79 Å². The summed E-state index contributed by atoms with van der Waals surface area (Å²) in [5.41, 5.74) is 0.250. The van der Waals surface area contributed by atoms with Crippen LogP contribution < -0.4 is 9.47 Å². The molecule has 0 spiro atoms. The van der Waals surface area contributed by atoms with Crippen molar-refractivity contribution in [1.29, 1.82) is 5.26 Å². The van der Waals surface area contributed by atoms with E-state index < -0.39 is 5.97 Å². The number of carbonyl (C=O) groups is 1. The van der Waals surface area contributed by atoms with Crippen LogP contribution in [-0.4, -0.2) is 49.8 Å². The van der Waals surface area contributed by atoms with Crippen molar-refractivity contribution in [2.75, 3.05) is 33.9 Å². The lowest BCUT2D eigenvalue weighted by molar-refractivity contribution is -0.132. The highest BCUT2D eigenvalue weighted by molar-refractivity contribution is 5.96. The summed E-state index contributed by atoms with van der Waals surface area (Å²) < 4.78 is 11.3. The van der Waals surface area contributed by atoms with Gasteiger partial charge in [-0.1, -0.05) is 6.07 Å². The Balaban J connectivity index is 2.89. The fourth-order valence-corrected chi connectivity index (χ4v) is 1.87. The quantitative estimate of drug-likeness (QED) is 0.428. The van der Waals surface area contributed by atoms with Crippen LogP contribution >= 0.6 is 0 Å². The van der Waals surface area contributed by atoms with Gasteiger partial charge in [-0.15, -0.1) is 0 Å². The van der Waals surface area contributed by atoms with Crippen molar-refractivity contribution in [3.8, 4) is 17.6 Å². The zero-order chi connectivity index (χ0) is 17.2. The average Bonchev–Trinajstić information content (AvgIpc) is 2.50. The molecule has 0 unspecified atom stereocenters. The van der Waals surface area contributed by atoms with Gasteiger partial charge in [-0.25, -0.2) is 4.79 Å². The molecule has 0 aliphatic carbocycles. The molecule has 124 valence electrons. The van der Waals surface area contributed by atoms with Gasteiger partial charge < -0.3 is 19.5 Å². The number of carboxylic acids is 1. The molecule has 0 saturated heterocycles. The van der Waals surface area contributed by atoms with E-state index in [1.54, 1.807) is 24.3 Å². The van der Waals surface area contributed by atoms with E-state index in [-0.39, 0.29) is 5.57 Å². The summed E-state index contributed by atoms with van der Waals surface area (Å²) in [4.78, 5) is 13.0. The third-order valence-corrected chi connectivity index (χ3v) is 2.94. The predicted molar refractivity (Wildman–Crippen MR) is 87.5 cm³/mol. The summed E-state index contributed by atoms with van der Waals surface area (Å²) in [7, 11) is 4.00. The SMILES string of the molecule is CCOc1cc(C=C(C#N)C(=O)O)ccc1OCCCN(C)C. The van der Waals surface area contributed by atoms with Crippen LogP contribution in [0.2, 0.25) is 0 Å². The first-order valence-electron chi connectivity index (χ1n) is 7.37. The minimum absolute atomic E-state index is 0.327. The number of nitrogens with zero attached hydrogens (tertiary/aromatic N) is 2. The Labute approximate surface area is 136 Å². The minimum atomic E-state index is -1.26. The second-order valence-corrected chi connectivity index (χ2v) is 5.12. The third-order valence-electron chi connectivity index (χ3n) is 2.94. The van der Waals surface area contributed by atoms with Crippen LogP contribution in [0.5, 0.6) is 11.5 Å². The number of benzene rings is 1. The minimum Gasteiger partial charge on any atom is -0.490 e. The highest BCUT2D eigenvalue weighted by atomic mass is 16.5. The molecule has 0 aliphatic rings. The molecule has 1 aromatic carbocycles. The Morgan fingerprint density at radius 1 is 1.35 bits per heavy atom. The van der Waals surface area contributed by atoms with E-state index in [1.165, 1.54) is 6.08 Å². The van der Waals surface area contributed by atoms with E-state index in [0.29, 0.717) is 30.3 Å². The molecule has 0 amide bonds. The highest BCUT2D eigenvalue weighted by Gasteiger charge is 2.09. The summed E-state index contributed by atoms with van der Waals surface area (Å²) in [6, 6.07) is 6.75. The topological polar surface area (TPSA) is 82.8 Å². The standard InChI is InChI=1S/C17H22N2O4/c1-4-22-16-11-13(10-14(12-18)17(20)21)6-7-15(16)23-9-5-8-19(2)3/h6-7,10-11H,4-5,8-9H2,1-3H3,(H,20,21). The van der Waals surface area contributed by atoms with Gasteiger partial charge in [-0.3, -0.25) is 0 Å². The van der Waals surface area contributed by atoms with Crippen LogP contribution in [0.4, 0.5) is 0 Å². The zero-order valence-corrected chi connectivity index (χ0v) is 13.7. The monoisotopic (exact) mass is 318 g/mol. The lowest BCUT2D eigenvalue weighted by atomic mass is 10.1. The van der Waals surface area contributed by atoms with E-state index in [0.717, 1.165) is 13.0 Å². The number of ether oxygens (including phenoxy) is 2. The van der Waals surface area contributed by atoms with Crippen LogP contribution in [0.25, 0.3) is 6.08 Å². The molecular weight excluding hydrogens is 296 g/mol. The summed E-state index contributed by atoms with van der Waals surface area (Å²) in [5.74, 6) is -0.111. The number of hydrogen-bond donors (Lipinski definition) is 1. The summed E-state index contributed by atoms with van der Waals surface area (Å²) in [5, 5.41) is 17.7. The number of hydrogen-bond acceptors (Lipinski definition) is 5. The van der Waals surface area contributed by atoms with Crippen LogP contribution in [0.3, 0.4) is 0 Å². The maximum atomic E-state index is 10.9. The molecule has 1 N–H and O–H groups in total. The lowest BCUT2D eigenvalue weighted by Gasteiger charge is -2.14. The second-order valence-electron chi connectivity index (χ2n) is 5.12. The number of aliphatic carboxylic acids is 1. The first-order valence-corrected chi connectivity index (χ1v) is 7.37. The molecule has 6 nitrogen and oxygen atoms in total. The van der Waals surface area contributed by atoms with Crippen LogP contribution in [0.15, 0.2) is 23.8 Å². The van der Waals surface area contributed by atoms with Gasteiger partial charge in [0, 0.05) is 6.54 Å². The first kappa shape index (κ1) is 18.5. The molecule has 1 rings (SSSR count). The third kappa shape index (κ3) is 6.41. The number of rotatable bonds is 9. The number of carboxylic acid groups (broad SMARTS) is 1. The van der Waals surface area contributed by atoms with Gasteiger partial charge in [0.25, 0.3) is 0 Å². The fraction of sp³-hybridized carbons (Fsp3) is 0.412. The Morgan fingerprint density at radius 2 is 2.09 bits per heavy atom. The Hall–Kier alpha value is -2.52. The van der Waals surface area contributed by atoms with E-state index in [1.807, 2.05) is 21.0 Å². The van der Waals surface area contributed by atoms with Crippen molar-refractivity contribution in [3.63, 3.8) is 0 Å². The fourth-order valence-electron chi connectivity index (χ4n) is 1.87. The molecule has 1 aromatic rings. The maximum absolute atomic E-state index is 10.9. The Kier molecular flexibility index (Phi) is 7.64. The van der Waals surface area contributed by atoms with Gasteiger partial charge in [-0.05, 0) is 51.2 Å².